The molecule has 1 aromatic carbocycles. The summed E-state index contributed by atoms with van der Waals surface area (Å²) < 4.78 is 0. The van der Waals surface area contributed by atoms with Crippen molar-refractivity contribution in [2.24, 2.45) is 0 Å². The van der Waals surface area contributed by atoms with Crippen molar-refractivity contribution in [3.8, 4) is 0 Å². The lowest BCUT2D eigenvalue weighted by atomic mass is 10.1. The first-order valence-corrected chi connectivity index (χ1v) is 6.37. The number of pyridine rings is 1. The van der Waals surface area contributed by atoms with Crippen LogP contribution in [0, 0.1) is 6.92 Å². The molecule has 0 radical (unpaired) electrons. The van der Waals surface area contributed by atoms with Crippen molar-refractivity contribution in [2.75, 3.05) is 17.2 Å². The minimum Gasteiger partial charge on any atom is -0.477 e. The summed E-state index contributed by atoms with van der Waals surface area (Å²) in [5.74, 6) is -0.589. The smallest absolute Gasteiger partial charge is 0.354 e. The molecule has 0 unspecified atom stereocenters. The largest absolute Gasteiger partial charge is 0.477 e. The Morgan fingerprint density at radius 2 is 2.00 bits per heavy atom. The van der Waals surface area contributed by atoms with Crippen molar-refractivity contribution >= 4 is 23.2 Å². The third kappa shape index (κ3) is 2.56. The summed E-state index contributed by atoms with van der Waals surface area (Å²) in [7, 11) is 0. The number of para-hydroxylation sites is 1. The zero-order chi connectivity index (χ0) is 14.7. The monoisotopic (exact) mass is 271 g/mol. The van der Waals surface area contributed by atoms with Gasteiger partial charge in [0.05, 0.1) is 5.69 Å². The van der Waals surface area contributed by atoms with Crippen LogP contribution in [-0.4, -0.2) is 22.6 Å². The number of benzene rings is 1. The van der Waals surface area contributed by atoms with Crippen LogP contribution in [0.3, 0.4) is 0 Å². The Morgan fingerprint density at radius 1 is 1.30 bits per heavy atom. The van der Waals surface area contributed by atoms with E-state index in [2.05, 4.69) is 4.98 Å². The maximum Gasteiger partial charge on any atom is 0.354 e. The van der Waals surface area contributed by atoms with Crippen LogP contribution in [-0.2, 0) is 0 Å². The molecular weight excluding hydrogens is 254 g/mol. The van der Waals surface area contributed by atoms with E-state index in [9.17, 15) is 4.79 Å². The molecule has 2 rings (SSSR count). The highest BCUT2D eigenvalue weighted by atomic mass is 16.4. The Bertz CT molecular complexity index is 641. The summed E-state index contributed by atoms with van der Waals surface area (Å²) in [6.45, 7) is 4.61. The number of nitrogens with zero attached hydrogens (tertiary/aromatic N) is 2. The van der Waals surface area contributed by atoms with E-state index in [1.54, 1.807) is 6.07 Å². The number of aromatic carboxylic acids is 1. The van der Waals surface area contributed by atoms with Crippen LogP contribution in [0.25, 0.3) is 0 Å². The van der Waals surface area contributed by atoms with Crippen LogP contribution >= 0.6 is 0 Å². The van der Waals surface area contributed by atoms with Crippen LogP contribution < -0.4 is 10.6 Å². The molecule has 5 heteroatoms. The molecule has 0 fully saturated rings. The van der Waals surface area contributed by atoms with Gasteiger partial charge in [-0.2, -0.15) is 0 Å². The standard InChI is InChI=1S/C15H17N3O2/c1-3-18(13-7-5-4-6-10(13)2)14-11(16)8-9-12(17-14)15(19)20/h4-9H,3,16H2,1-2H3,(H,19,20). The Hall–Kier alpha value is -2.56. The van der Waals surface area contributed by atoms with Crippen molar-refractivity contribution in [3.63, 3.8) is 0 Å². The van der Waals surface area contributed by atoms with Crippen LogP contribution in [0.15, 0.2) is 36.4 Å². The van der Waals surface area contributed by atoms with Gasteiger partial charge in [0.2, 0.25) is 0 Å². The normalized spacial score (nSPS) is 10.3. The summed E-state index contributed by atoms with van der Waals surface area (Å²) in [4.78, 5) is 17.1. The number of nitrogen functional groups attached to an aromatic ring is 1. The number of carboxylic acid groups (broad SMARTS) is 1. The molecule has 0 bridgehead atoms. The fourth-order valence-corrected chi connectivity index (χ4v) is 2.09. The second-order valence-electron chi connectivity index (χ2n) is 4.45. The predicted octanol–water partition coefficient (Wildman–Crippen LogP) is 2.83. The van der Waals surface area contributed by atoms with Gasteiger partial charge in [0, 0.05) is 12.2 Å². The van der Waals surface area contributed by atoms with E-state index >= 15 is 0 Å². The minimum absolute atomic E-state index is 0.0127. The molecule has 104 valence electrons. The molecule has 2 aromatic rings. The number of aryl methyl sites for hydroxylation is 1. The van der Waals surface area contributed by atoms with Gasteiger partial charge in [0.1, 0.15) is 0 Å². The fraction of sp³-hybridized carbons (Fsp3) is 0.200. The number of anilines is 3. The first-order chi connectivity index (χ1) is 9.54. The maximum absolute atomic E-state index is 11.1. The highest BCUT2D eigenvalue weighted by Gasteiger charge is 2.16. The average molecular weight is 271 g/mol. The molecule has 0 aliphatic heterocycles. The average Bonchev–Trinajstić information content (AvgIpc) is 2.43. The Balaban J connectivity index is 2.55. The van der Waals surface area contributed by atoms with Crippen molar-refractivity contribution in [2.45, 2.75) is 13.8 Å². The van der Waals surface area contributed by atoms with E-state index in [4.69, 9.17) is 10.8 Å². The molecule has 0 atom stereocenters. The van der Waals surface area contributed by atoms with Gasteiger partial charge in [-0.05, 0) is 37.6 Å². The number of rotatable bonds is 4. The molecule has 0 spiro atoms. The fourth-order valence-electron chi connectivity index (χ4n) is 2.09. The second-order valence-corrected chi connectivity index (χ2v) is 4.45. The van der Waals surface area contributed by atoms with Gasteiger partial charge >= 0.3 is 5.97 Å². The first-order valence-electron chi connectivity index (χ1n) is 6.37. The molecule has 20 heavy (non-hydrogen) atoms. The molecule has 1 heterocycles. The Morgan fingerprint density at radius 3 is 2.60 bits per heavy atom. The highest BCUT2D eigenvalue weighted by molar-refractivity contribution is 5.87. The van der Waals surface area contributed by atoms with Gasteiger partial charge in [-0.1, -0.05) is 18.2 Å². The van der Waals surface area contributed by atoms with E-state index in [1.807, 2.05) is 43.0 Å². The predicted molar refractivity (Wildman–Crippen MR) is 79.5 cm³/mol. The van der Waals surface area contributed by atoms with Crippen LogP contribution in [0.2, 0.25) is 0 Å². The third-order valence-electron chi connectivity index (χ3n) is 3.10. The van der Waals surface area contributed by atoms with E-state index in [1.165, 1.54) is 6.07 Å². The number of hydrogen-bond acceptors (Lipinski definition) is 4. The van der Waals surface area contributed by atoms with Gasteiger partial charge in [0.25, 0.3) is 0 Å². The lowest BCUT2D eigenvalue weighted by molar-refractivity contribution is 0.0690. The second kappa shape index (κ2) is 5.61. The maximum atomic E-state index is 11.1. The van der Waals surface area contributed by atoms with E-state index < -0.39 is 5.97 Å². The van der Waals surface area contributed by atoms with Crippen LogP contribution in [0.1, 0.15) is 23.0 Å². The van der Waals surface area contributed by atoms with E-state index in [0.717, 1.165) is 11.3 Å². The van der Waals surface area contributed by atoms with E-state index in [0.29, 0.717) is 18.1 Å². The summed E-state index contributed by atoms with van der Waals surface area (Å²) in [6.07, 6.45) is 0. The number of nitrogens with two attached hydrogens (primary N) is 1. The van der Waals surface area contributed by atoms with Gasteiger partial charge in [0.15, 0.2) is 11.5 Å². The molecule has 0 amide bonds. The highest BCUT2D eigenvalue weighted by Crippen LogP contribution is 2.30. The number of carbonyl (C=O) groups is 1. The Labute approximate surface area is 117 Å². The quantitative estimate of drug-likeness (QED) is 0.893. The molecule has 0 aliphatic carbocycles. The lowest BCUT2D eigenvalue weighted by Crippen LogP contribution is -2.21. The van der Waals surface area contributed by atoms with Gasteiger partial charge < -0.3 is 15.7 Å². The summed E-state index contributed by atoms with van der Waals surface area (Å²) in [5.41, 5.74) is 8.45. The van der Waals surface area contributed by atoms with Crippen LogP contribution in [0.5, 0.6) is 0 Å². The van der Waals surface area contributed by atoms with Crippen LogP contribution in [0.4, 0.5) is 17.2 Å². The molecule has 0 saturated carbocycles. The van der Waals surface area contributed by atoms with Gasteiger partial charge in [-0.25, -0.2) is 9.78 Å². The topological polar surface area (TPSA) is 79.5 Å². The lowest BCUT2D eigenvalue weighted by Gasteiger charge is -2.25. The minimum atomic E-state index is -1.06. The molecule has 0 saturated heterocycles. The van der Waals surface area contributed by atoms with Gasteiger partial charge in [-0.3, -0.25) is 0 Å². The SMILES string of the molecule is CCN(c1ccccc1C)c1nc(C(=O)O)ccc1N. The van der Waals surface area contributed by atoms with Crippen molar-refractivity contribution in [1.29, 1.82) is 0 Å². The molecule has 1 aromatic heterocycles. The summed E-state index contributed by atoms with van der Waals surface area (Å²) in [5, 5.41) is 9.06. The number of carboxylic acids is 1. The van der Waals surface area contributed by atoms with Crippen molar-refractivity contribution in [3.05, 3.63) is 47.7 Å². The van der Waals surface area contributed by atoms with Crippen molar-refractivity contribution in [1.82, 2.24) is 4.98 Å². The molecule has 3 N–H and O–H groups in total. The van der Waals surface area contributed by atoms with E-state index in [-0.39, 0.29) is 5.69 Å². The summed E-state index contributed by atoms with van der Waals surface area (Å²) in [6, 6.07) is 10.8. The number of aromatic nitrogens is 1. The van der Waals surface area contributed by atoms with Gasteiger partial charge in [-0.15, -0.1) is 0 Å². The number of hydrogen-bond donors (Lipinski definition) is 2. The molecule has 5 nitrogen and oxygen atoms in total. The molecule has 0 aliphatic rings. The first kappa shape index (κ1) is 13.9. The Kier molecular flexibility index (Phi) is 3.89. The zero-order valence-corrected chi connectivity index (χ0v) is 11.5. The zero-order valence-electron chi connectivity index (χ0n) is 11.5. The third-order valence-corrected chi connectivity index (χ3v) is 3.10. The summed E-state index contributed by atoms with van der Waals surface area (Å²) >= 11 is 0. The molecular formula is C15H17N3O2. The van der Waals surface area contributed by atoms with Crippen molar-refractivity contribution < 1.29 is 9.90 Å².